The van der Waals surface area contributed by atoms with Gasteiger partial charge < -0.3 is 20.9 Å². The van der Waals surface area contributed by atoms with Crippen molar-refractivity contribution in [3.05, 3.63) is 29.6 Å². The predicted octanol–water partition coefficient (Wildman–Crippen LogP) is 2.08. The van der Waals surface area contributed by atoms with Gasteiger partial charge in [0.1, 0.15) is 0 Å². The van der Waals surface area contributed by atoms with Crippen LogP contribution in [0.4, 0.5) is 18.9 Å². The second-order valence-corrected chi connectivity index (χ2v) is 6.46. The van der Waals surface area contributed by atoms with Gasteiger partial charge in [-0.1, -0.05) is 6.92 Å². The Balaban J connectivity index is 1.79. The van der Waals surface area contributed by atoms with E-state index in [-0.39, 0.29) is 12.6 Å². The van der Waals surface area contributed by atoms with Crippen LogP contribution in [0.2, 0.25) is 0 Å². The molecule has 1 saturated heterocycles. The van der Waals surface area contributed by atoms with Crippen molar-refractivity contribution in [1.29, 1.82) is 0 Å². The third-order valence-corrected chi connectivity index (χ3v) is 4.42. The van der Waals surface area contributed by atoms with Gasteiger partial charge in [-0.25, -0.2) is 13.2 Å². The molecular weight excluding hydrogens is 359 g/mol. The standard InChI is InChI=1S/C18H26F3N5O/c1-3-8-26-9-6-12(7-10-26)24-18(22-2)23-11-15(27)25-14-5-4-13(19)16(20)17(14)21/h4-5,12H,3,6-11H2,1-2H3,(H,25,27)(H2,22,23,24). The maximum absolute atomic E-state index is 13.6. The number of rotatable bonds is 6. The summed E-state index contributed by atoms with van der Waals surface area (Å²) >= 11 is 0. The molecule has 1 aromatic rings. The van der Waals surface area contributed by atoms with Crippen LogP contribution in [-0.4, -0.2) is 56.0 Å². The molecule has 150 valence electrons. The topological polar surface area (TPSA) is 68.8 Å². The summed E-state index contributed by atoms with van der Waals surface area (Å²) < 4.78 is 39.7. The van der Waals surface area contributed by atoms with Crippen LogP contribution in [0.25, 0.3) is 0 Å². The fourth-order valence-electron chi connectivity index (χ4n) is 2.99. The summed E-state index contributed by atoms with van der Waals surface area (Å²) in [5, 5.41) is 8.31. The van der Waals surface area contributed by atoms with Crippen LogP contribution in [0, 0.1) is 17.5 Å². The number of nitrogens with zero attached hydrogens (tertiary/aromatic N) is 2. The van der Waals surface area contributed by atoms with Crippen molar-refractivity contribution in [3.63, 3.8) is 0 Å². The lowest BCUT2D eigenvalue weighted by molar-refractivity contribution is -0.115. The molecule has 1 aliphatic rings. The number of benzene rings is 1. The van der Waals surface area contributed by atoms with E-state index in [1.165, 1.54) is 0 Å². The molecule has 0 spiro atoms. The molecule has 2 rings (SSSR count). The van der Waals surface area contributed by atoms with Gasteiger partial charge in [0.25, 0.3) is 0 Å². The zero-order valence-corrected chi connectivity index (χ0v) is 15.6. The molecule has 1 fully saturated rings. The van der Waals surface area contributed by atoms with Gasteiger partial charge in [0.2, 0.25) is 5.91 Å². The van der Waals surface area contributed by atoms with Gasteiger partial charge in [-0.15, -0.1) is 0 Å². The first-order chi connectivity index (χ1) is 12.9. The molecule has 1 aliphatic heterocycles. The summed E-state index contributed by atoms with van der Waals surface area (Å²) in [4.78, 5) is 18.4. The Morgan fingerprint density at radius 1 is 1.22 bits per heavy atom. The number of likely N-dealkylation sites (tertiary alicyclic amines) is 1. The molecule has 3 N–H and O–H groups in total. The first-order valence-corrected chi connectivity index (χ1v) is 9.07. The van der Waals surface area contributed by atoms with E-state index in [0.717, 1.165) is 51.0 Å². The number of carbonyl (C=O) groups is 1. The van der Waals surface area contributed by atoms with Crippen molar-refractivity contribution in [2.45, 2.75) is 32.2 Å². The van der Waals surface area contributed by atoms with Crippen molar-refractivity contribution in [3.8, 4) is 0 Å². The number of anilines is 1. The van der Waals surface area contributed by atoms with Crippen molar-refractivity contribution in [1.82, 2.24) is 15.5 Å². The molecule has 0 atom stereocenters. The Hall–Kier alpha value is -2.29. The highest BCUT2D eigenvalue weighted by atomic mass is 19.2. The lowest BCUT2D eigenvalue weighted by Crippen LogP contribution is -2.49. The summed E-state index contributed by atoms with van der Waals surface area (Å²) in [6.45, 7) is 5.09. The highest BCUT2D eigenvalue weighted by Crippen LogP contribution is 2.19. The molecule has 27 heavy (non-hydrogen) atoms. The van der Waals surface area contributed by atoms with Gasteiger partial charge >= 0.3 is 0 Å². The molecule has 0 aliphatic carbocycles. The minimum atomic E-state index is -1.62. The lowest BCUT2D eigenvalue weighted by atomic mass is 10.1. The van der Waals surface area contributed by atoms with Gasteiger partial charge in [-0.3, -0.25) is 9.79 Å². The van der Waals surface area contributed by atoms with Crippen molar-refractivity contribution in [2.75, 3.05) is 38.5 Å². The quantitative estimate of drug-likeness (QED) is 0.399. The normalized spacial score (nSPS) is 16.3. The van der Waals surface area contributed by atoms with E-state index in [1.54, 1.807) is 7.05 Å². The maximum atomic E-state index is 13.6. The van der Waals surface area contributed by atoms with E-state index >= 15 is 0 Å². The number of halogens is 3. The molecule has 6 nitrogen and oxygen atoms in total. The first kappa shape index (κ1) is 21.0. The largest absolute Gasteiger partial charge is 0.354 e. The average Bonchev–Trinajstić information content (AvgIpc) is 2.67. The van der Waals surface area contributed by atoms with E-state index in [9.17, 15) is 18.0 Å². The lowest BCUT2D eigenvalue weighted by Gasteiger charge is -2.32. The van der Waals surface area contributed by atoms with Crippen LogP contribution in [0.3, 0.4) is 0 Å². The molecule has 9 heteroatoms. The molecule has 0 aromatic heterocycles. The molecule has 1 amide bonds. The summed E-state index contributed by atoms with van der Waals surface area (Å²) in [6.07, 6.45) is 3.09. The van der Waals surface area contributed by atoms with Crippen molar-refractivity contribution in [2.24, 2.45) is 4.99 Å². The van der Waals surface area contributed by atoms with E-state index < -0.39 is 29.0 Å². The number of nitrogens with one attached hydrogen (secondary N) is 3. The minimum absolute atomic E-state index is 0.188. The highest BCUT2D eigenvalue weighted by molar-refractivity contribution is 5.95. The minimum Gasteiger partial charge on any atom is -0.354 e. The van der Waals surface area contributed by atoms with Crippen molar-refractivity contribution < 1.29 is 18.0 Å². The number of piperidine rings is 1. The van der Waals surface area contributed by atoms with Crippen LogP contribution in [0.15, 0.2) is 17.1 Å². The van der Waals surface area contributed by atoms with Gasteiger partial charge in [0.05, 0.1) is 12.2 Å². The molecular formula is C18H26F3N5O. The van der Waals surface area contributed by atoms with E-state index in [0.29, 0.717) is 5.96 Å². The third-order valence-electron chi connectivity index (χ3n) is 4.42. The summed E-state index contributed by atoms with van der Waals surface area (Å²) in [7, 11) is 1.59. The van der Waals surface area contributed by atoms with Crippen molar-refractivity contribution >= 4 is 17.6 Å². The fraction of sp³-hybridized carbons (Fsp3) is 0.556. The van der Waals surface area contributed by atoms with Gasteiger partial charge in [-0.05, 0) is 37.9 Å². The number of amides is 1. The number of guanidine groups is 1. The molecule has 0 saturated carbocycles. The molecule has 0 bridgehead atoms. The van der Waals surface area contributed by atoms with Gasteiger partial charge in [-0.2, -0.15) is 0 Å². The summed E-state index contributed by atoms with van der Waals surface area (Å²) in [5.74, 6) is -4.49. The zero-order chi connectivity index (χ0) is 19.8. The Morgan fingerprint density at radius 3 is 2.56 bits per heavy atom. The molecule has 1 heterocycles. The Labute approximate surface area is 157 Å². The predicted molar refractivity (Wildman–Crippen MR) is 99.2 cm³/mol. The Kier molecular flexibility index (Phi) is 7.90. The van der Waals surface area contributed by atoms with Gasteiger partial charge in [0.15, 0.2) is 23.4 Å². The zero-order valence-electron chi connectivity index (χ0n) is 15.6. The third kappa shape index (κ3) is 6.13. The molecule has 0 radical (unpaired) electrons. The smallest absolute Gasteiger partial charge is 0.243 e. The number of carbonyl (C=O) groups excluding carboxylic acids is 1. The Morgan fingerprint density at radius 2 is 1.93 bits per heavy atom. The summed E-state index contributed by atoms with van der Waals surface area (Å²) in [5.41, 5.74) is -0.410. The van der Waals surface area contributed by atoms with Crippen LogP contribution >= 0.6 is 0 Å². The average molecular weight is 385 g/mol. The van der Waals surface area contributed by atoms with Gasteiger partial charge in [0, 0.05) is 26.2 Å². The number of aliphatic imine (C=N–C) groups is 1. The number of hydrogen-bond acceptors (Lipinski definition) is 3. The Bertz CT molecular complexity index is 675. The first-order valence-electron chi connectivity index (χ1n) is 9.07. The van der Waals surface area contributed by atoms with Crippen LogP contribution in [0.1, 0.15) is 26.2 Å². The maximum Gasteiger partial charge on any atom is 0.243 e. The second kappa shape index (κ2) is 10.1. The highest BCUT2D eigenvalue weighted by Gasteiger charge is 2.20. The monoisotopic (exact) mass is 385 g/mol. The van der Waals surface area contributed by atoms with Crippen LogP contribution in [0.5, 0.6) is 0 Å². The fourth-order valence-corrected chi connectivity index (χ4v) is 2.99. The summed E-state index contributed by atoms with van der Waals surface area (Å²) in [6, 6.07) is 1.99. The second-order valence-electron chi connectivity index (χ2n) is 6.46. The van der Waals surface area contributed by atoms with Crippen LogP contribution in [-0.2, 0) is 4.79 Å². The van der Waals surface area contributed by atoms with E-state index in [2.05, 4.69) is 32.8 Å². The number of hydrogen-bond donors (Lipinski definition) is 3. The van der Waals surface area contributed by atoms with Crippen LogP contribution < -0.4 is 16.0 Å². The molecule has 1 aromatic carbocycles. The molecule has 0 unspecified atom stereocenters. The van der Waals surface area contributed by atoms with E-state index in [4.69, 9.17) is 0 Å². The SMILES string of the molecule is CCCN1CCC(NC(=NC)NCC(=O)Nc2ccc(F)c(F)c2F)CC1. The van der Waals surface area contributed by atoms with E-state index in [1.807, 2.05) is 0 Å².